The van der Waals surface area contributed by atoms with E-state index in [1.54, 1.807) is 12.4 Å². The molecule has 0 amide bonds. The Morgan fingerprint density at radius 3 is 2.96 bits per heavy atom. The van der Waals surface area contributed by atoms with Crippen LogP contribution in [-0.4, -0.2) is 54.0 Å². The standard InChI is InChI=1S/C17H21N5O2/c1-4-18-5-2-12(1)16-21-15-10-19-6-3-14(15)17(22-16)20-9-13-11-23-7-8-24-13/h1-2,4-5,13,19H,3,6-11H2,(H,20,21,22). The van der Waals surface area contributed by atoms with Crippen molar-refractivity contribution in [2.75, 3.05) is 38.2 Å². The topological polar surface area (TPSA) is 81.2 Å². The summed E-state index contributed by atoms with van der Waals surface area (Å²) in [6.45, 7) is 4.36. The van der Waals surface area contributed by atoms with Gasteiger partial charge in [0.15, 0.2) is 5.82 Å². The van der Waals surface area contributed by atoms with Crippen LogP contribution >= 0.6 is 0 Å². The zero-order valence-corrected chi connectivity index (χ0v) is 13.5. The summed E-state index contributed by atoms with van der Waals surface area (Å²) in [6.07, 6.45) is 4.51. The van der Waals surface area contributed by atoms with Crippen LogP contribution < -0.4 is 10.6 Å². The summed E-state index contributed by atoms with van der Waals surface area (Å²) in [6, 6.07) is 3.86. The molecule has 4 rings (SSSR count). The molecule has 0 spiro atoms. The Labute approximate surface area is 140 Å². The summed E-state index contributed by atoms with van der Waals surface area (Å²) < 4.78 is 11.2. The molecule has 0 radical (unpaired) electrons. The molecule has 0 aromatic carbocycles. The Hall–Kier alpha value is -2.09. The molecule has 1 unspecified atom stereocenters. The molecule has 2 aliphatic rings. The molecule has 126 valence electrons. The zero-order chi connectivity index (χ0) is 16.2. The number of ether oxygens (including phenoxy) is 2. The minimum Gasteiger partial charge on any atom is -0.376 e. The first kappa shape index (κ1) is 15.4. The van der Waals surface area contributed by atoms with Gasteiger partial charge in [0, 0.05) is 36.6 Å². The Morgan fingerprint density at radius 2 is 2.12 bits per heavy atom. The van der Waals surface area contributed by atoms with Crippen molar-refractivity contribution < 1.29 is 9.47 Å². The van der Waals surface area contributed by atoms with Gasteiger partial charge in [-0.15, -0.1) is 0 Å². The Balaban J connectivity index is 1.61. The van der Waals surface area contributed by atoms with Crippen molar-refractivity contribution in [3.8, 4) is 11.4 Å². The second-order valence-electron chi connectivity index (χ2n) is 5.93. The van der Waals surface area contributed by atoms with Gasteiger partial charge in [0.2, 0.25) is 0 Å². The van der Waals surface area contributed by atoms with E-state index in [9.17, 15) is 0 Å². The lowest BCUT2D eigenvalue weighted by molar-refractivity contribution is -0.0819. The molecule has 1 saturated heterocycles. The molecule has 7 heteroatoms. The highest BCUT2D eigenvalue weighted by molar-refractivity contribution is 5.59. The van der Waals surface area contributed by atoms with Gasteiger partial charge >= 0.3 is 0 Å². The van der Waals surface area contributed by atoms with Crippen LogP contribution in [0.3, 0.4) is 0 Å². The van der Waals surface area contributed by atoms with Crippen LogP contribution in [0.5, 0.6) is 0 Å². The molecule has 4 heterocycles. The quantitative estimate of drug-likeness (QED) is 0.867. The summed E-state index contributed by atoms with van der Waals surface area (Å²) in [7, 11) is 0. The van der Waals surface area contributed by atoms with Crippen molar-refractivity contribution in [1.82, 2.24) is 20.3 Å². The zero-order valence-electron chi connectivity index (χ0n) is 13.5. The van der Waals surface area contributed by atoms with Crippen LogP contribution in [0.2, 0.25) is 0 Å². The van der Waals surface area contributed by atoms with E-state index in [1.165, 1.54) is 5.56 Å². The van der Waals surface area contributed by atoms with E-state index in [0.717, 1.165) is 42.4 Å². The molecule has 7 nitrogen and oxygen atoms in total. The number of fused-ring (bicyclic) bond motifs is 1. The molecule has 2 aromatic rings. The summed E-state index contributed by atoms with van der Waals surface area (Å²) in [4.78, 5) is 13.6. The number of nitrogens with one attached hydrogen (secondary N) is 2. The molecule has 2 aliphatic heterocycles. The molecule has 0 bridgehead atoms. The van der Waals surface area contributed by atoms with Crippen molar-refractivity contribution in [2.45, 2.75) is 19.1 Å². The highest BCUT2D eigenvalue weighted by Gasteiger charge is 2.20. The van der Waals surface area contributed by atoms with Gasteiger partial charge in [0.05, 0.1) is 31.6 Å². The van der Waals surface area contributed by atoms with Crippen molar-refractivity contribution in [3.05, 3.63) is 35.8 Å². The van der Waals surface area contributed by atoms with Crippen LogP contribution in [0.25, 0.3) is 11.4 Å². The van der Waals surface area contributed by atoms with E-state index >= 15 is 0 Å². The number of rotatable bonds is 4. The number of nitrogens with zero attached hydrogens (tertiary/aromatic N) is 3. The minimum atomic E-state index is 0.0652. The van der Waals surface area contributed by atoms with E-state index in [4.69, 9.17) is 19.4 Å². The number of hydrogen-bond acceptors (Lipinski definition) is 7. The molecule has 1 atom stereocenters. The van der Waals surface area contributed by atoms with E-state index < -0.39 is 0 Å². The fraction of sp³-hybridized carbons (Fsp3) is 0.471. The largest absolute Gasteiger partial charge is 0.376 e. The number of aromatic nitrogens is 3. The first-order valence-electron chi connectivity index (χ1n) is 8.34. The summed E-state index contributed by atoms with van der Waals surface area (Å²) in [5.41, 5.74) is 3.23. The van der Waals surface area contributed by atoms with Crippen LogP contribution in [0.4, 0.5) is 5.82 Å². The predicted octanol–water partition coefficient (Wildman–Crippen LogP) is 1.01. The fourth-order valence-corrected chi connectivity index (χ4v) is 3.00. The van der Waals surface area contributed by atoms with Gasteiger partial charge in [-0.3, -0.25) is 4.98 Å². The summed E-state index contributed by atoms with van der Waals surface area (Å²) in [5.74, 6) is 1.63. The van der Waals surface area contributed by atoms with Gasteiger partial charge in [-0.05, 0) is 25.1 Å². The SMILES string of the molecule is c1cc(-c2nc3c(c(NCC4COCCO4)n2)CCNC3)ccn1. The lowest BCUT2D eigenvalue weighted by Gasteiger charge is -2.25. The minimum absolute atomic E-state index is 0.0652. The summed E-state index contributed by atoms with van der Waals surface area (Å²) in [5, 5.41) is 6.83. The monoisotopic (exact) mass is 327 g/mol. The predicted molar refractivity (Wildman–Crippen MR) is 89.7 cm³/mol. The molecule has 24 heavy (non-hydrogen) atoms. The van der Waals surface area contributed by atoms with Crippen molar-refractivity contribution in [1.29, 1.82) is 0 Å². The van der Waals surface area contributed by atoms with Gasteiger partial charge in [-0.2, -0.15) is 0 Å². The maximum absolute atomic E-state index is 5.71. The van der Waals surface area contributed by atoms with Gasteiger partial charge in [-0.1, -0.05) is 0 Å². The molecule has 1 fully saturated rings. The molecule has 0 aliphatic carbocycles. The highest BCUT2D eigenvalue weighted by atomic mass is 16.6. The highest BCUT2D eigenvalue weighted by Crippen LogP contribution is 2.24. The normalized spacial score (nSPS) is 20.4. The molecule has 2 N–H and O–H groups in total. The average molecular weight is 327 g/mol. The average Bonchev–Trinajstić information content (AvgIpc) is 2.67. The van der Waals surface area contributed by atoms with Crippen molar-refractivity contribution in [2.24, 2.45) is 0 Å². The van der Waals surface area contributed by atoms with Crippen LogP contribution in [0.1, 0.15) is 11.3 Å². The second kappa shape index (κ2) is 7.21. The van der Waals surface area contributed by atoms with Crippen LogP contribution in [0, 0.1) is 0 Å². The lowest BCUT2D eigenvalue weighted by Crippen LogP contribution is -2.35. The van der Waals surface area contributed by atoms with Gasteiger partial charge in [-0.25, -0.2) is 9.97 Å². The maximum atomic E-state index is 5.71. The first-order valence-corrected chi connectivity index (χ1v) is 8.34. The van der Waals surface area contributed by atoms with Crippen molar-refractivity contribution in [3.63, 3.8) is 0 Å². The Bertz CT molecular complexity index is 689. The maximum Gasteiger partial charge on any atom is 0.161 e. The third kappa shape index (κ3) is 3.38. The molecule has 2 aromatic heterocycles. The van der Waals surface area contributed by atoms with E-state index in [0.29, 0.717) is 26.4 Å². The number of hydrogen-bond donors (Lipinski definition) is 2. The van der Waals surface area contributed by atoms with Crippen LogP contribution in [-0.2, 0) is 22.4 Å². The van der Waals surface area contributed by atoms with Gasteiger partial charge in [0.1, 0.15) is 5.82 Å². The van der Waals surface area contributed by atoms with E-state index in [2.05, 4.69) is 15.6 Å². The van der Waals surface area contributed by atoms with Gasteiger partial charge in [0.25, 0.3) is 0 Å². The Kier molecular flexibility index (Phi) is 4.64. The molecule has 0 saturated carbocycles. The number of anilines is 1. The lowest BCUT2D eigenvalue weighted by atomic mass is 10.1. The third-order valence-electron chi connectivity index (χ3n) is 4.26. The Morgan fingerprint density at radius 1 is 1.21 bits per heavy atom. The third-order valence-corrected chi connectivity index (χ3v) is 4.26. The molecular weight excluding hydrogens is 306 g/mol. The summed E-state index contributed by atoms with van der Waals surface area (Å²) >= 11 is 0. The second-order valence-corrected chi connectivity index (χ2v) is 5.93. The fourth-order valence-electron chi connectivity index (χ4n) is 3.00. The van der Waals surface area contributed by atoms with E-state index in [-0.39, 0.29) is 6.10 Å². The smallest absolute Gasteiger partial charge is 0.161 e. The number of pyridine rings is 1. The molecular formula is C17H21N5O2. The first-order chi connectivity index (χ1) is 11.9. The van der Waals surface area contributed by atoms with Crippen molar-refractivity contribution >= 4 is 5.82 Å². The van der Waals surface area contributed by atoms with Gasteiger partial charge < -0.3 is 20.1 Å². The van der Waals surface area contributed by atoms with Crippen LogP contribution in [0.15, 0.2) is 24.5 Å². The van der Waals surface area contributed by atoms with E-state index in [1.807, 2.05) is 12.1 Å².